The summed E-state index contributed by atoms with van der Waals surface area (Å²) in [4.78, 5) is 1.25. The number of nitrogens with one attached hydrogen (secondary N) is 1. The van der Waals surface area contributed by atoms with E-state index in [0.29, 0.717) is 6.04 Å². The first-order valence-electron chi connectivity index (χ1n) is 6.69. The van der Waals surface area contributed by atoms with E-state index in [4.69, 9.17) is 11.6 Å². The molecule has 3 heteroatoms. The molecular formula is C15H24ClNS. The third-order valence-corrected chi connectivity index (χ3v) is 4.07. The van der Waals surface area contributed by atoms with Crippen LogP contribution in [0.2, 0.25) is 5.02 Å². The summed E-state index contributed by atoms with van der Waals surface area (Å²) in [7, 11) is 0. The van der Waals surface area contributed by atoms with E-state index in [1.54, 1.807) is 0 Å². The molecule has 0 radical (unpaired) electrons. The second kappa shape index (κ2) is 8.84. The molecule has 0 bridgehead atoms. The molecule has 0 aromatic heterocycles. The van der Waals surface area contributed by atoms with Crippen molar-refractivity contribution in [2.24, 2.45) is 5.92 Å². The quantitative estimate of drug-likeness (QED) is 0.541. The Labute approximate surface area is 121 Å². The molecule has 1 rings (SSSR count). The van der Waals surface area contributed by atoms with Gasteiger partial charge in [0.05, 0.1) is 0 Å². The van der Waals surface area contributed by atoms with Gasteiger partial charge in [0.15, 0.2) is 0 Å². The van der Waals surface area contributed by atoms with Crippen LogP contribution < -0.4 is 5.32 Å². The van der Waals surface area contributed by atoms with Gasteiger partial charge in [0.25, 0.3) is 0 Å². The molecule has 0 aliphatic rings. The van der Waals surface area contributed by atoms with Crippen molar-refractivity contribution in [3.63, 3.8) is 0 Å². The summed E-state index contributed by atoms with van der Waals surface area (Å²) in [6.07, 6.45) is 2.56. The normalized spacial score (nSPS) is 12.9. The third kappa shape index (κ3) is 7.30. The zero-order valence-electron chi connectivity index (χ0n) is 11.6. The van der Waals surface area contributed by atoms with Crippen molar-refractivity contribution in [2.75, 3.05) is 12.3 Å². The predicted molar refractivity (Wildman–Crippen MR) is 83.7 cm³/mol. The van der Waals surface area contributed by atoms with Crippen LogP contribution in [0, 0.1) is 5.92 Å². The summed E-state index contributed by atoms with van der Waals surface area (Å²) in [6, 6.07) is 8.67. The van der Waals surface area contributed by atoms with Crippen LogP contribution in [-0.4, -0.2) is 18.3 Å². The lowest BCUT2D eigenvalue weighted by atomic mass is 10.0. The zero-order valence-corrected chi connectivity index (χ0v) is 13.2. The van der Waals surface area contributed by atoms with Crippen LogP contribution in [0.5, 0.6) is 0 Å². The van der Waals surface area contributed by atoms with Gasteiger partial charge in [-0.1, -0.05) is 31.5 Å². The van der Waals surface area contributed by atoms with Gasteiger partial charge in [0.2, 0.25) is 0 Å². The monoisotopic (exact) mass is 285 g/mol. The molecular weight excluding hydrogens is 262 g/mol. The summed E-state index contributed by atoms with van der Waals surface area (Å²) in [6.45, 7) is 7.88. The summed E-state index contributed by atoms with van der Waals surface area (Å²) in [5.41, 5.74) is 0. The Morgan fingerprint density at radius 3 is 2.67 bits per heavy atom. The summed E-state index contributed by atoms with van der Waals surface area (Å²) < 4.78 is 0. The lowest BCUT2D eigenvalue weighted by Crippen LogP contribution is -2.28. The van der Waals surface area contributed by atoms with E-state index >= 15 is 0 Å². The molecule has 0 heterocycles. The van der Waals surface area contributed by atoms with Gasteiger partial charge in [-0.15, -0.1) is 11.8 Å². The number of halogens is 1. The Hall–Kier alpha value is -0.180. The molecule has 0 saturated heterocycles. The van der Waals surface area contributed by atoms with E-state index in [1.807, 2.05) is 30.0 Å². The molecule has 18 heavy (non-hydrogen) atoms. The fraction of sp³-hybridized carbons (Fsp3) is 0.600. The van der Waals surface area contributed by atoms with E-state index in [0.717, 1.165) is 23.2 Å². The molecule has 1 aromatic carbocycles. The van der Waals surface area contributed by atoms with Crippen molar-refractivity contribution in [2.45, 2.75) is 44.6 Å². The van der Waals surface area contributed by atoms with E-state index in [9.17, 15) is 0 Å². The molecule has 0 amide bonds. The Kier molecular flexibility index (Phi) is 7.80. The molecule has 0 fully saturated rings. The van der Waals surface area contributed by atoms with Gasteiger partial charge < -0.3 is 5.32 Å². The van der Waals surface area contributed by atoms with Gasteiger partial charge in [-0.25, -0.2) is 0 Å². The van der Waals surface area contributed by atoms with Crippen LogP contribution in [0.25, 0.3) is 0 Å². The standard InChI is InChI=1S/C15H24ClNS/c1-12(2)7-8-13(3)17-9-10-18-15-6-4-5-14(16)11-15/h4-6,11-13,17H,7-10H2,1-3H3. The maximum Gasteiger partial charge on any atom is 0.0417 e. The fourth-order valence-electron chi connectivity index (χ4n) is 1.72. The van der Waals surface area contributed by atoms with E-state index in [-0.39, 0.29) is 0 Å². The summed E-state index contributed by atoms with van der Waals surface area (Å²) in [5.74, 6) is 1.89. The highest BCUT2D eigenvalue weighted by atomic mass is 35.5. The van der Waals surface area contributed by atoms with Crippen molar-refractivity contribution in [1.82, 2.24) is 5.32 Å². The molecule has 0 aliphatic heterocycles. The van der Waals surface area contributed by atoms with Crippen LogP contribution in [-0.2, 0) is 0 Å². The largest absolute Gasteiger partial charge is 0.313 e. The average Bonchev–Trinajstić information content (AvgIpc) is 2.32. The second-order valence-electron chi connectivity index (χ2n) is 5.13. The fourth-order valence-corrected chi connectivity index (χ4v) is 2.81. The van der Waals surface area contributed by atoms with Gasteiger partial charge >= 0.3 is 0 Å². The van der Waals surface area contributed by atoms with Gasteiger partial charge in [-0.3, -0.25) is 0 Å². The Morgan fingerprint density at radius 2 is 2.00 bits per heavy atom. The lowest BCUT2D eigenvalue weighted by Gasteiger charge is -2.14. The number of thioether (sulfide) groups is 1. The van der Waals surface area contributed by atoms with E-state index in [2.05, 4.69) is 32.2 Å². The highest BCUT2D eigenvalue weighted by Crippen LogP contribution is 2.21. The lowest BCUT2D eigenvalue weighted by molar-refractivity contribution is 0.460. The van der Waals surface area contributed by atoms with E-state index in [1.165, 1.54) is 17.7 Å². The number of benzene rings is 1. The molecule has 1 atom stereocenters. The maximum atomic E-state index is 5.95. The summed E-state index contributed by atoms with van der Waals surface area (Å²) >= 11 is 7.80. The highest BCUT2D eigenvalue weighted by Gasteiger charge is 2.02. The number of hydrogen-bond acceptors (Lipinski definition) is 2. The maximum absolute atomic E-state index is 5.95. The predicted octanol–water partition coefficient (Wildman–Crippen LogP) is 4.85. The molecule has 0 saturated carbocycles. The van der Waals surface area contributed by atoms with E-state index < -0.39 is 0 Å². The zero-order chi connectivity index (χ0) is 13.4. The Bertz CT molecular complexity index is 341. The summed E-state index contributed by atoms with van der Waals surface area (Å²) in [5, 5.41) is 4.39. The SMILES string of the molecule is CC(C)CCC(C)NCCSc1cccc(Cl)c1. The van der Waals surface area contributed by atoms with Gasteiger partial charge in [0.1, 0.15) is 0 Å². The van der Waals surface area contributed by atoms with Crippen LogP contribution in [0.4, 0.5) is 0 Å². The van der Waals surface area contributed by atoms with Crippen LogP contribution in [0.15, 0.2) is 29.2 Å². The van der Waals surface area contributed by atoms with Crippen molar-refractivity contribution in [3.8, 4) is 0 Å². The van der Waals surface area contributed by atoms with Gasteiger partial charge in [-0.05, 0) is 43.9 Å². The molecule has 1 unspecified atom stereocenters. The van der Waals surface area contributed by atoms with Gasteiger partial charge in [-0.2, -0.15) is 0 Å². The second-order valence-corrected chi connectivity index (χ2v) is 6.74. The smallest absolute Gasteiger partial charge is 0.0417 e. The molecule has 0 aliphatic carbocycles. The minimum Gasteiger partial charge on any atom is -0.313 e. The van der Waals surface area contributed by atoms with Crippen molar-refractivity contribution in [3.05, 3.63) is 29.3 Å². The van der Waals surface area contributed by atoms with Crippen LogP contribution in [0.1, 0.15) is 33.6 Å². The topological polar surface area (TPSA) is 12.0 Å². The molecule has 0 spiro atoms. The molecule has 1 nitrogen and oxygen atoms in total. The van der Waals surface area contributed by atoms with Gasteiger partial charge in [0, 0.05) is 28.3 Å². The number of rotatable bonds is 8. The van der Waals surface area contributed by atoms with Crippen LogP contribution in [0.3, 0.4) is 0 Å². The Morgan fingerprint density at radius 1 is 1.22 bits per heavy atom. The minimum absolute atomic E-state index is 0.618. The molecule has 1 aromatic rings. The van der Waals surface area contributed by atoms with Crippen molar-refractivity contribution in [1.29, 1.82) is 0 Å². The molecule has 102 valence electrons. The minimum atomic E-state index is 0.618. The highest BCUT2D eigenvalue weighted by molar-refractivity contribution is 7.99. The van der Waals surface area contributed by atoms with Crippen molar-refractivity contribution >= 4 is 23.4 Å². The first-order chi connectivity index (χ1) is 8.58. The first kappa shape index (κ1) is 15.9. The average molecular weight is 286 g/mol. The molecule has 1 N–H and O–H groups in total. The first-order valence-corrected chi connectivity index (χ1v) is 8.06. The Balaban J connectivity index is 2.11. The number of hydrogen-bond donors (Lipinski definition) is 1. The third-order valence-electron chi connectivity index (χ3n) is 2.84. The van der Waals surface area contributed by atoms with Crippen LogP contribution >= 0.6 is 23.4 Å². The van der Waals surface area contributed by atoms with Crippen molar-refractivity contribution < 1.29 is 0 Å².